The molecule has 0 saturated carbocycles. The fourth-order valence-corrected chi connectivity index (χ4v) is 2.23. The third-order valence-electron chi connectivity index (χ3n) is 1.48. The summed E-state index contributed by atoms with van der Waals surface area (Å²) >= 11 is 7.19. The molecule has 1 aromatic heterocycles. The maximum Gasteiger partial charge on any atom is 0.309 e. The Bertz CT molecular complexity index is 311. The van der Waals surface area contributed by atoms with Crippen molar-refractivity contribution >= 4 is 28.9 Å². The first kappa shape index (κ1) is 10.5. The summed E-state index contributed by atoms with van der Waals surface area (Å²) in [5.41, 5.74) is 0.489. The summed E-state index contributed by atoms with van der Waals surface area (Å²) in [6.07, 6.45) is 1.78. The van der Waals surface area contributed by atoms with Gasteiger partial charge in [0.1, 0.15) is 4.34 Å². The zero-order valence-corrected chi connectivity index (χ0v) is 8.78. The Morgan fingerprint density at radius 3 is 2.92 bits per heavy atom. The van der Waals surface area contributed by atoms with E-state index in [4.69, 9.17) is 16.7 Å². The van der Waals surface area contributed by atoms with Crippen molar-refractivity contribution in [3.8, 4) is 0 Å². The second kappa shape index (κ2) is 4.58. The van der Waals surface area contributed by atoms with Crippen LogP contribution in [0, 0.1) is 0 Å². The Morgan fingerprint density at radius 2 is 2.38 bits per heavy atom. The van der Waals surface area contributed by atoms with Crippen molar-refractivity contribution in [1.82, 2.24) is 4.98 Å². The van der Waals surface area contributed by atoms with Crippen LogP contribution in [0.2, 0.25) is 4.34 Å². The van der Waals surface area contributed by atoms with Gasteiger partial charge in [0.15, 0.2) is 0 Å². The second-order valence-electron chi connectivity index (χ2n) is 2.65. The van der Waals surface area contributed by atoms with Crippen molar-refractivity contribution in [3.05, 3.63) is 15.0 Å². The molecule has 0 spiro atoms. The van der Waals surface area contributed by atoms with Gasteiger partial charge in [0.05, 0.1) is 17.1 Å². The molecule has 72 valence electrons. The number of hydrogen-bond donors (Lipinski definition) is 1. The molecule has 0 aliphatic heterocycles. The van der Waals surface area contributed by atoms with Crippen LogP contribution in [-0.4, -0.2) is 16.1 Å². The number of carbonyl (C=O) groups is 1. The highest BCUT2D eigenvalue weighted by Gasteiger charge is 2.11. The molecule has 1 rings (SSSR count). The zero-order chi connectivity index (χ0) is 9.84. The lowest BCUT2D eigenvalue weighted by molar-refractivity contribution is -0.136. The molecule has 0 fully saturated rings. The monoisotopic (exact) mass is 219 g/mol. The molecule has 0 amide bonds. The third kappa shape index (κ3) is 2.97. The lowest BCUT2D eigenvalue weighted by Crippen LogP contribution is -2.00. The van der Waals surface area contributed by atoms with Crippen molar-refractivity contribution in [1.29, 1.82) is 0 Å². The van der Waals surface area contributed by atoms with Gasteiger partial charge < -0.3 is 5.11 Å². The molecule has 5 heteroatoms. The van der Waals surface area contributed by atoms with Crippen LogP contribution in [0.15, 0.2) is 0 Å². The summed E-state index contributed by atoms with van der Waals surface area (Å²) in [6.45, 7) is 2.05. The predicted molar refractivity (Wildman–Crippen MR) is 52.5 cm³/mol. The first-order valence-electron chi connectivity index (χ1n) is 3.99. The van der Waals surface area contributed by atoms with Crippen LogP contribution in [0.4, 0.5) is 0 Å². The molecule has 0 unspecified atom stereocenters. The van der Waals surface area contributed by atoms with Gasteiger partial charge in [0.25, 0.3) is 0 Å². The largest absolute Gasteiger partial charge is 0.481 e. The highest BCUT2D eigenvalue weighted by Crippen LogP contribution is 2.25. The number of thiazole rings is 1. The van der Waals surface area contributed by atoms with Crippen LogP contribution >= 0.6 is 22.9 Å². The van der Waals surface area contributed by atoms with E-state index in [1.54, 1.807) is 0 Å². The fourth-order valence-electron chi connectivity index (χ4n) is 0.953. The number of carboxylic acids is 1. The molecule has 0 aromatic carbocycles. The number of aliphatic carboxylic acids is 1. The van der Waals surface area contributed by atoms with Crippen LogP contribution in [0.25, 0.3) is 0 Å². The second-order valence-corrected chi connectivity index (χ2v) is 4.33. The number of hydrogen-bond acceptors (Lipinski definition) is 3. The average Bonchev–Trinajstić information content (AvgIpc) is 2.31. The van der Waals surface area contributed by atoms with E-state index < -0.39 is 5.97 Å². The van der Waals surface area contributed by atoms with Gasteiger partial charge in [-0.1, -0.05) is 18.5 Å². The number of aromatic nitrogens is 1. The molecule has 0 aliphatic carbocycles. The van der Waals surface area contributed by atoms with E-state index in [0.29, 0.717) is 10.0 Å². The van der Waals surface area contributed by atoms with Gasteiger partial charge in [-0.3, -0.25) is 4.79 Å². The van der Waals surface area contributed by atoms with E-state index in [0.717, 1.165) is 17.8 Å². The van der Waals surface area contributed by atoms with E-state index in [1.807, 2.05) is 6.92 Å². The SMILES string of the molecule is CCCc1nc(CC(=O)O)c(Cl)s1. The summed E-state index contributed by atoms with van der Waals surface area (Å²) in [4.78, 5) is 14.5. The minimum atomic E-state index is -0.893. The van der Waals surface area contributed by atoms with Gasteiger partial charge in [-0.15, -0.1) is 11.3 Å². The van der Waals surface area contributed by atoms with Gasteiger partial charge >= 0.3 is 5.97 Å². The van der Waals surface area contributed by atoms with Gasteiger partial charge in [0.2, 0.25) is 0 Å². The van der Waals surface area contributed by atoms with Gasteiger partial charge in [-0.2, -0.15) is 0 Å². The van der Waals surface area contributed by atoms with Crippen molar-refractivity contribution in [2.75, 3.05) is 0 Å². The molecule has 13 heavy (non-hydrogen) atoms. The first-order chi connectivity index (χ1) is 6.13. The topological polar surface area (TPSA) is 50.2 Å². The normalized spacial score (nSPS) is 10.3. The summed E-state index contributed by atoms with van der Waals surface area (Å²) in [6, 6.07) is 0. The quantitative estimate of drug-likeness (QED) is 0.846. The fraction of sp³-hybridized carbons (Fsp3) is 0.500. The predicted octanol–water partition coefficient (Wildman–Crippen LogP) is 2.38. The van der Waals surface area contributed by atoms with Crippen molar-refractivity contribution in [2.24, 2.45) is 0 Å². The molecule has 3 nitrogen and oxygen atoms in total. The van der Waals surface area contributed by atoms with E-state index in [9.17, 15) is 4.79 Å². The van der Waals surface area contributed by atoms with Gasteiger partial charge in [-0.25, -0.2) is 4.98 Å². The Labute approximate surface area is 85.4 Å². The molecule has 1 N–H and O–H groups in total. The summed E-state index contributed by atoms with van der Waals surface area (Å²) in [5, 5.41) is 9.46. The smallest absolute Gasteiger partial charge is 0.309 e. The van der Waals surface area contributed by atoms with Gasteiger partial charge in [0, 0.05) is 0 Å². The maximum absolute atomic E-state index is 10.4. The number of aryl methyl sites for hydroxylation is 1. The Balaban J connectivity index is 2.77. The molecular weight excluding hydrogens is 210 g/mol. The first-order valence-corrected chi connectivity index (χ1v) is 5.18. The number of rotatable bonds is 4. The van der Waals surface area contributed by atoms with Crippen molar-refractivity contribution in [3.63, 3.8) is 0 Å². The summed E-state index contributed by atoms with van der Waals surface area (Å²) in [7, 11) is 0. The van der Waals surface area contributed by atoms with E-state index in [1.165, 1.54) is 11.3 Å². The Morgan fingerprint density at radius 1 is 1.69 bits per heavy atom. The highest BCUT2D eigenvalue weighted by molar-refractivity contribution is 7.16. The number of nitrogens with zero attached hydrogens (tertiary/aromatic N) is 1. The van der Waals surface area contributed by atoms with Crippen LogP contribution in [0.3, 0.4) is 0 Å². The molecular formula is C8H10ClNO2S. The maximum atomic E-state index is 10.4. The number of halogens is 1. The molecule has 1 heterocycles. The van der Waals surface area contributed by atoms with Crippen molar-refractivity contribution < 1.29 is 9.90 Å². The zero-order valence-electron chi connectivity index (χ0n) is 7.21. The molecule has 0 saturated heterocycles. The van der Waals surface area contributed by atoms with Crippen LogP contribution in [0.5, 0.6) is 0 Å². The molecule has 0 atom stereocenters. The minimum Gasteiger partial charge on any atom is -0.481 e. The van der Waals surface area contributed by atoms with Crippen molar-refractivity contribution in [2.45, 2.75) is 26.2 Å². The Kier molecular flexibility index (Phi) is 3.69. The van der Waals surface area contributed by atoms with E-state index in [-0.39, 0.29) is 6.42 Å². The third-order valence-corrected chi connectivity index (χ3v) is 2.87. The summed E-state index contributed by atoms with van der Waals surface area (Å²) in [5.74, 6) is -0.893. The molecule has 0 radical (unpaired) electrons. The van der Waals surface area contributed by atoms with E-state index >= 15 is 0 Å². The lowest BCUT2D eigenvalue weighted by atomic mass is 10.3. The minimum absolute atomic E-state index is 0.0843. The van der Waals surface area contributed by atoms with Crippen LogP contribution in [0.1, 0.15) is 24.0 Å². The van der Waals surface area contributed by atoms with Crippen LogP contribution < -0.4 is 0 Å². The lowest BCUT2D eigenvalue weighted by Gasteiger charge is -1.89. The highest BCUT2D eigenvalue weighted by atomic mass is 35.5. The van der Waals surface area contributed by atoms with Crippen LogP contribution in [-0.2, 0) is 17.6 Å². The molecule has 0 aliphatic rings. The summed E-state index contributed by atoms with van der Waals surface area (Å²) < 4.78 is 0.505. The average molecular weight is 220 g/mol. The standard InChI is InChI=1S/C8H10ClNO2S/c1-2-3-6-10-5(4-7(11)12)8(9)13-6/h2-4H2,1H3,(H,11,12). The Hall–Kier alpha value is -0.610. The van der Waals surface area contributed by atoms with E-state index in [2.05, 4.69) is 4.98 Å². The molecule has 1 aromatic rings. The number of carboxylic acid groups (broad SMARTS) is 1. The van der Waals surface area contributed by atoms with Gasteiger partial charge in [-0.05, 0) is 12.8 Å². The molecule has 0 bridgehead atoms.